The van der Waals surface area contributed by atoms with Crippen LogP contribution in [-0.2, 0) is 4.74 Å². The molecule has 3 unspecified atom stereocenters. The highest BCUT2D eigenvalue weighted by molar-refractivity contribution is 4.87. The summed E-state index contributed by atoms with van der Waals surface area (Å²) < 4.78 is 4.82. The highest BCUT2D eigenvalue weighted by atomic mass is 16.5. The topological polar surface area (TPSA) is 110 Å². The number of hydrogen-bond donors (Lipinski definition) is 5. The van der Waals surface area contributed by atoms with Crippen LogP contribution in [-0.4, -0.2) is 69.8 Å². The van der Waals surface area contributed by atoms with Gasteiger partial charge in [-0.15, -0.1) is 6.58 Å². The minimum absolute atomic E-state index is 0.00287. The molecular formula is C9H18O6. The maximum atomic E-state index is 9.11. The molecule has 0 aromatic carbocycles. The fourth-order valence-corrected chi connectivity index (χ4v) is 1.07. The van der Waals surface area contributed by atoms with Crippen molar-refractivity contribution in [2.45, 2.75) is 24.4 Å². The van der Waals surface area contributed by atoms with Gasteiger partial charge in [-0.1, -0.05) is 6.08 Å². The van der Waals surface area contributed by atoms with E-state index in [1.54, 1.807) is 0 Å². The van der Waals surface area contributed by atoms with Crippen LogP contribution in [0.5, 0.6) is 0 Å². The smallest absolute Gasteiger partial charge is 0.114 e. The van der Waals surface area contributed by atoms with Gasteiger partial charge in [-0.25, -0.2) is 0 Å². The average Bonchev–Trinajstić information content (AvgIpc) is 2.59. The summed E-state index contributed by atoms with van der Waals surface area (Å²) in [5.74, 6) is 0. The van der Waals surface area contributed by atoms with Crippen LogP contribution < -0.4 is 0 Å². The van der Waals surface area contributed by atoms with Crippen LogP contribution in [0.4, 0.5) is 0 Å². The third-order valence-electron chi connectivity index (χ3n) is 1.89. The van der Waals surface area contributed by atoms with Gasteiger partial charge in [0.25, 0.3) is 0 Å². The molecule has 6 heteroatoms. The van der Waals surface area contributed by atoms with Crippen molar-refractivity contribution in [2.24, 2.45) is 0 Å². The lowest BCUT2D eigenvalue weighted by Gasteiger charge is -2.18. The van der Waals surface area contributed by atoms with E-state index in [-0.39, 0.29) is 13.2 Å². The van der Waals surface area contributed by atoms with Crippen LogP contribution in [0.1, 0.15) is 0 Å². The van der Waals surface area contributed by atoms with Crippen molar-refractivity contribution in [3.05, 3.63) is 12.7 Å². The highest BCUT2D eigenvalue weighted by Gasteiger charge is 2.38. The molecule has 1 aliphatic heterocycles. The van der Waals surface area contributed by atoms with E-state index in [4.69, 9.17) is 30.3 Å². The van der Waals surface area contributed by atoms with Crippen LogP contribution in [0.25, 0.3) is 0 Å². The van der Waals surface area contributed by atoms with E-state index in [1.807, 2.05) is 0 Å². The van der Waals surface area contributed by atoms with E-state index in [9.17, 15) is 0 Å². The molecule has 0 saturated carbocycles. The molecule has 0 bridgehead atoms. The first-order valence-corrected chi connectivity index (χ1v) is 4.56. The van der Waals surface area contributed by atoms with Crippen molar-refractivity contribution in [2.75, 3.05) is 19.8 Å². The molecule has 0 aromatic heterocycles. The lowest BCUT2D eigenvalue weighted by atomic mass is 10.1. The number of rotatable bonds is 3. The Morgan fingerprint density at radius 2 is 1.93 bits per heavy atom. The average molecular weight is 222 g/mol. The predicted molar refractivity (Wildman–Crippen MR) is 52.1 cm³/mol. The number of aliphatic hydroxyl groups is 5. The van der Waals surface area contributed by atoms with Crippen molar-refractivity contribution in [3.63, 3.8) is 0 Å². The van der Waals surface area contributed by atoms with Crippen LogP contribution in [0.2, 0.25) is 0 Å². The summed E-state index contributed by atoms with van der Waals surface area (Å²) in [6.07, 6.45) is -2.62. The molecule has 1 aliphatic rings. The number of aliphatic hydroxyl groups excluding tert-OH is 5. The van der Waals surface area contributed by atoms with Crippen molar-refractivity contribution >= 4 is 0 Å². The molecule has 0 amide bonds. The molecule has 1 heterocycles. The molecule has 0 aromatic rings. The Morgan fingerprint density at radius 3 is 2.20 bits per heavy atom. The lowest BCUT2D eigenvalue weighted by molar-refractivity contribution is -0.0684. The van der Waals surface area contributed by atoms with Crippen LogP contribution >= 0.6 is 0 Å². The van der Waals surface area contributed by atoms with Crippen LogP contribution in [0.15, 0.2) is 12.7 Å². The molecule has 15 heavy (non-hydrogen) atoms. The summed E-state index contributed by atoms with van der Waals surface area (Å²) >= 11 is 0. The predicted octanol–water partition coefficient (Wildman–Crippen LogP) is -2.38. The van der Waals surface area contributed by atoms with Gasteiger partial charge < -0.3 is 30.3 Å². The lowest BCUT2D eigenvalue weighted by Crippen LogP contribution is -2.40. The maximum Gasteiger partial charge on any atom is 0.114 e. The molecule has 1 rings (SSSR count). The van der Waals surface area contributed by atoms with Crippen LogP contribution in [0, 0.1) is 0 Å². The van der Waals surface area contributed by atoms with Gasteiger partial charge in [0.05, 0.1) is 19.8 Å². The maximum absolute atomic E-state index is 9.11. The summed E-state index contributed by atoms with van der Waals surface area (Å²) in [7, 11) is 0. The van der Waals surface area contributed by atoms with Gasteiger partial charge in [0.2, 0.25) is 0 Å². The van der Waals surface area contributed by atoms with Crippen molar-refractivity contribution in [1.82, 2.24) is 0 Å². The zero-order valence-electron chi connectivity index (χ0n) is 8.36. The third-order valence-corrected chi connectivity index (χ3v) is 1.89. The van der Waals surface area contributed by atoms with Gasteiger partial charge in [-0.05, 0) is 0 Å². The zero-order valence-corrected chi connectivity index (χ0v) is 8.36. The molecule has 1 fully saturated rings. The molecule has 5 N–H and O–H groups in total. The first-order chi connectivity index (χ1) is 7.08. The Morgan fingerprint density at radius 1 is 1.40 bits per heavy atom. The van der Waals surface area contributed by atoms with Gasteiger partial charge in [-0.2, -0.15) is 0 Å². The number of hydrogen-bond acceptors (Lipinski definition) is 6. The summed E-state index contributed by atoms with van der Waals surface area (Å²) in [6.45, 7) is 2.84. The Balaban J connectivity index is 0.000000423. The van der Waals surface area contributed by atoms with Gasteiger partial charge >= 0.3 is 0 Å². The van der Waals surface area contributed by atoms with Crippen molar-refractivity contribution in [3.8, 4) is 0 Å². The molecule has 4 atom stereocenters. The second kappa shape index (κ2) is 7.75. The Bertz CT molecular complexity index is 174. The number of ether oxygens (including phenoxy) is 1. The molecular weight excluding hydrogens is 204 g/mol. The quantitative estimate of drug-likeness (QED) is 0.341. The second-order valence-electron chi connectivity index (χ2n) is 3.08. The fourth-order valence-electron chi connectivity index (χ4n) is 1.07. The Hall–Kier alpha value is -0.500. The zero-order chi connectivity index (χ0) is 11.8. The molecule has 90 valence electrons. The molecule has 6 nitrogen and oxygen atoms in total. The van der Waals surface area contributed by atoms with E-state index >= 15 is 0 Å². The first kappa shape index (κ1) is 14.5. The standard InChI is InChI=1S/C6H12O5.C3H6O/c7-1-3(8)6-5(10)4(9)2-11-6;1-2-3-4/h3-10H,1-2H2;2,4H,1,3H2/t3?,4?,5-,6?;/m0./s1. The second-order valence-corrected chi connectivity index (χ2v) is 3.08. The largest absolute Gasteiger partial charge is 0.394 e. The van der Waals surface area contributed by atoms with E-state index in [0.717, 1.165) is 0 Å². The SMILES string of the molecule is C=CCO.OCC(O)C1OCC(O)[C@@H]1O. The first-order valence-electron chi connectivity index (χ1n) is 4.56. The van der Waals surface area contributed by atoms with Crippen molar-refractivity contribution < 1.29 is 30.3 Å². The van der Waals surface area contributed by atoms with E-state index in [2.05, 4.69) is 6.58 Å². The molecule has 0 aliphatic carbocycles. The summed E-state index contributed by atoms with van der Waals surface area (Å²) in [5, 5.41) is 43.3. The summed E-state index contributed by atoms with van der Waals surface area (Å²) in [6, 6.07) is 0. The van der Waals surface area contributed by atoms with E-state index in [1.165, 1.54) is 6.08 Å². The van der Waals surface area contributed by atoms with Gasteiger partial charge in [0.15, 0.2) is 0 Å². The summed E-state index contributed by atoms with van der Waals surface area (Å²) in [5.41, 5.74) is 0. The van der Waals surface area contributed by atoms with Crippen LogP contribution in [0.3, 0.4) is 0 Å². The molecule has 0 spiro atoms. The third kappa shape index (κ3) is 4.70. The van der Waals surface area contributed by atoms with E-state index < -0.39 is 31.0 Å². The van der Waals surface area contributed by atoms with Gasteiger partial charge in [-0.3, -0.25) is 0 Å². The highest BCUT2D eigenvalue weighted by Crippen LogP contribution is 2.16. The minimum atomic E-state index is -1.12. The fraction of sp³-hybridized carbons (Fsp3) is 0.778. The Kier molecular flexibility index (Phi) is 7.49. The van der Waals surface area contributed by atoms with Gasteiger partial charge in [0, 0.05) is 0 Å². The van der Waals surface area contributed by atoms with Crippen molar-refractivity contribution in [1.29, 1.82) is 0 Å². The monoisotopic (exact) mass is 222 g/mol. The van der Waals surface area contributed by atoms with Gasteiger partial charge in [0.1, 0.15) is 24.4 Å². The molecule has 1 saturated heterocycles. The Labute approximate surface area is 88.1 Å². The molecule has 0 radical (unpaired) electrons. The summed E-state index contributed by atoms with van der Waals surface area (Å²) in [4.78, 5) is 0. The normalized spacial score (nSPS) is 31.7. The minimum Gasteiger partial charge on any atom is -0.394 e. The van der Waals surface area contributed by atoms with E-state index in [0.29, 0.717) is 0 Å².